The first-order chi connectivity index (χ1) is 4.70. The molecule has 0 fully saturated rings. The predicted octanol–water partition coefficient (Wildman–Crippen LogP) is 1.54. The summed E-state index contributed by atoms with van der Waals surface area (Å²) in [6.07, 6.45) is 1.11. The number of carbonyl (C=O) groups excluding carboxylic acids is 1. The van der Waals surface area contributed by atoms with Gasteiger partial charge in [0.25, 0.3) is 0 Å². The van der Waals surface area contributed by atoms with Gasteiger partial charge in [0, 0.05) is 6.54 Å². The van der Waals surface area contributed by atoms with E-state index in [-0.39, 0.29) is 5.91 Å². The first-order valence-corrected chi connectivity index (χ1v) is 4.65. The highest BCUT2D eigenvalue weighted by molar-refractivity contribution is 9.09. The first kappa shape index (κ1) is 9.95. The van der Waals surface area contributed by atoms with Crippen LogP contribution in [0.5, 0.6) is 0 Å². The summed E-state index contributed by atoms with van der Waals surface area (Å²) in [6, 6.07) is 0. The third-order valence-electron chi connectivity index (χ3n) is 1.47. The van der Waals surface area contributed by atoms with Crippen LogP contribution in [-0.2, 0) is 4.79 Å². The third-order valence-corrected chi connectivity index (χ3v) is 1.98. The molecule has 60 valence electrons. The van der Waals surface area contributed by atoms with Crippen LogP contribution in [0.3, 0.4) is 0 Å². The topological polar surface area (TPSA) is 29.1 Å². The molecule has 3 heteroatoms. The van der Waals surface area contributed by atoms with E-state index in [1.807, 2.05) is 0 Å². The van der Waals surface area contributed by atoms with E-state index >= 15 is 0 Å². The lowest BCUT2D eigenvalue weighted by molar-refractivity contribution is -0.118. The number of halogens is 1. The molecule has 0 aliphatic rings. The van der Waals surface area contributed by atoms with Crippen molar-refractivity contribution in [3.8, 4) is 0 Å². The number of carbonyl (C=O) groups is 1. The molecule has 0 rings (SSSR count). The molecular formula is C7H14BrNO. The number of hydrogen-bond acceptors (Lipinski definition) is 1. The van der Waals surface area contributed by atoms with E-state index < -0.39 is 0 Å². The zero-order chi connectivity index (χ0) is 7.98. The first-order valence-electron chi connectivity index (χ1n) is 3.53. The standard InChI is InChI=1S/C7H14BrNO/c1-3-6(2)5-9-7(10)4-8/h6H,3-5H2,1-2H3,(H,9,10). The van der Waals surface area contributed by atoms with Gasteiger partial charge in [-0.05, 0) is 5.92 Å². The summed E-state index contributed by atoms with van der Waals surface area (Å²) in [5, 5.41) is 3.20. The van der Waals surface area contributed by atoms with Crippen LogP contribution < -0.4 is 5.32 Å². The molecule has 0 saturated carbocycles. The van der Waals surface area contributed by atoms with Gasteiger partial charge in [0.05, 0.1) is 5.33 Å². The van der Waals surface area contributed by atoms with Crippen molar-refractivity contribution in [3.63, 3.8) is 0 Å². The van der Waals surface area contributed by atoms with Crippen molar-refractivity contribution in [3.05, 3.63) is 0 Å². The largest absolute Gasteiger partial charge is 0.355 e. The molecule has 1 amide bonds. The number of amides is 1. The molecule has 0 spiro atoms. The number of alkyl halides is 1. The normalized spacial score (nSPS) is 12.7. The third kappa shape index (κ3) is 4.79. The van der Waals surface area contributed by atoms with Gasteiger partial charge in [0.2, 0.25) is 5.91 Å². The number of nitrogens with one attached hydrogen (secondary N) is 1. The molecular weight excluding hydrogens is 194 g/mol. The van der Waals surface area contributed by atoms with E-state index in [2.05, 4.69) is 35.1 Å². The molecule has 0 aromatic rings. The summed E-state index contributed by atoms with van der Waals surface area (Å²) in [6.45, 7) is 5.03. The van der Waals surface area contributed by atoms with Crippen molar-refractivity contribution in [2.45, 2.75) is 20.3 Å². The molecule has 0 heterocycles. The summed E-state index contributed by atoms with van der Waals surface area (Å²) in [5.41, 5.74) is 0. The lowest BCUT2D eigenvalue weighted by Gasteiger charge is -2.07. The van der Waals surface area contributed by atoms with Gasteiger partial charge in [-0.25, -0.2) is 0 Å². The van der Waals surface area contributed by atoms with Gasteiger partial charge < -0.3 is 5.32 Å². The second-order valence-electron chi connectivity index (χ2n) is 2.45. The van der Waals surface area contributed by atoms with Gasteiger partial charge in [-0.2, -0.15) is 0 Å². The van der Waals surface area contributed by atoms with Crippen molar-refractivity contribution < 1.29 is 4.79 Å². The summed E-state index contributed by atoms with van der Waals surface area (Å²) in [5.74, 6) is 0.656. The molecule has 1 atom stereocenters. The average Bonchev–Trinajstić information content (AvgIpc) is 1.99. The van der Waals surface area contributed by atoms with Crippen molar-refractivity contribution in [1.82, 2.24) is 5.32 Å². The van der Waals surface area contributed by atoms with Crippen LogP contribution in [0.1, 0.15) is 20.3 Å². The minimum atomic E-state index is 0.0697. The Balaban J connectivity index is 3.26. The molecule has 1 N–H and O–H groups in total. The van der Waals surface area contributed by atoms with Gasteiger partial charge in [-0.1, -0.05) is 36.2 Å². The zero-order valence-corrected chi connectivity index (χ0v) is 8.07. The summed E-state index contributed by atoms with van der Waals surface area (Å²) >= 11 is 3.07. The Kier molecular flexibility index (Phi) is 5.69. The van der Waals surface area contributed by atoms with Crippen LogP contribution >= 0.6 is 15.9 Å². The van der Waals surface area contributed by atoms with Gasteiger partial charge in [-0.3, -0.25) is 4.79 Å². The van der Waals surface area contributed by atoms with Crippen LogP contribution in [0.25, 0.3) is 0 Å². The van der Waals surface area contributed by atoms with Gasteiger partial charge in [0.15, 0.2) is 0 Å². The van der Waals surface area contributed by atoms with Crippen molar-refractivity contribution in [1.29, 1.82) is 0 Å². The van der Waals surface area contributed by atoms with Crippen LogP contribution in [0, 0.1) is 5.92 Å². The maximum Gasteiger partial charge on any atom is 0.230 e. The summed E-state index contributed by atoms with van der Waals surface area (Å²) in [7, 11) is 0. The van der Waals surface area contributed by atoms with Crippen molar-refractivity contribution >= 4 is 21.8 Å². The molecule has 0 radical (unpaired) electrons. The Morgan fingerprint density at radius 2 is 2.30 bits per heavy atom. The smallest absolute Gasteiger partial charge is 0.230 e. The zero-order valence-electron chi connectivity index (χ0n) is 6.48. The highest BCUT2D eigenvalue weighted by Gasteiger charge is 2.00. The summed E-state index contributed by atoms with van der Waals surface area (Å²) in [4.78, 5) is 10.7. The fourth-order valence-corrected chi connectivity index (χ4v) is 0.678. The lowest BCUT2D eigenvalue weighted by atomic mass is 10.1. The number of hydrogen-bond donors (Lipinski definition) is 1. The SMILES string of the molecule is CCC(C)CNC(=O)CBr. The van der Waals surface area contributed by atoms with E-state index in [4.69, 9.17) is 0 Å². The molecule has 2 nitrogen and oxygen atoms in total. The predicted molar refractivity (Wildman–Crippen MR) is 46.3 cm³/mol. The van der Waals surface area contributed by atoms with Crippen molar-refractivity contribution in [2.75, 3.05) is 11.9 Å². The maximum atomic E-state index is 10.7. The molecule has 0 aliphatic heterocycles. The van der Waals surface area contributed by atoms with Gasteiger partial charge >= 0.3 is 0 Å². The van der Waals surface area contributed by atoms with Crippen LogP contribution in [0.2, 0.25) is 0 Å². The van der Waals surface area contributed by atoms with E-state index in [9.17, 15) is 4.79 Å². The molecule has 1 unspecified atom stereocenters. The van der Waals surface area contributed by atoms with Crippen LogP contribution in [0.4, 0.5) is 0 Å². The van der Waals surface area contributed by atoms with Crippen molar-refractivity contribution in [2.24, 2.45) is 5.92 Å². The summed E-state index contributed by atoms with van der Waals surface area (Å²) < 4.78 is 0. The van der Waals surface area contributed by atoms with Gasteiger partial charge in [-0.15, -0.1) is 0 Å². The second kappa shape index (κ2) is 5.71. The minimum absolute atomic E-state index is 0.0697. The fourth-order valence-electron chi connectivity index (χ4n) is 0.480. The Bertz CT molecular complexity index is 106. The average molecular weight is 208 g/mol. The fraction of sp³-hybridized carbons (Fsp3) is 0.857. The Morgan fingerprint density at radius 3 is 2.70 bits per heavy atom. The lowest BCUT2D eigenvalue weighted by Crippen LogP contribution is -2.28. The molecule has 0 bridgehead atoms. The Morgan fingerprint density at radius 1 is 1.70 bits per heavy atom. The number of rotatable bonds is 4. The molecule has 0 aromatic heterocycles. The van der Waals surface area contributed by atoms with E-state index in [0.29, 0.717) is 11.2 Å². The molecule has 0 aliphatic carbocycles. The molecule has 0 saturated heterocycles. The van der Waals surface area contributed by atoms with Crippen LogP contribution in [0.15, 0.2) is 0 Å². The Hall–Kier alpha value is -0.0500. The monoisotopic (exact) mass is 207 g/mol. The van der Waals surface area contributed by atoms with Gasteiger partial charge in [0.1, 0.15) is 0 Å². The Labute approximate surface area is 70.5 Å². The molecule has 0 aromatic carbocycles. The highest BCUT2D eigenvalue weighted by Crippen LogP contribution is 1.96. The highest BCUT2D eigenvalue weighted by atomic mass is 79.9. The van der Waals surface area contributed by atoms with Crippen LogP contribution in [-0.4, -0.2) is 17.8 Å². The maximum absolute atomic E-state index is 10.7. The van der Waals surface area contributed by atoms with E-state index in [1.54, 1.807) is 0 Å². The van der Waals surface area contributed by atoms with E-state index in [1.165, 1.54) is 0 Å². The second-order valence-corrected chi connectivity index (χ2v) is 3.01. The quantitative estimate of drug-likeness (QED) is 0.697. The molecule has 10 heavy (non-hydrogen) atoms. The van der Waals surface area contributed by atoms with E-state index in [0.717, 1.165) is 13.0 Å². The minimum Gasteiger partial charge on any atom is -0.355 e.